The molecule has 0 radical (unpaired) electrons. The summed E-state index contributed by atoms with van der Waals surface area (Å²) in [5.41, 5.74) is 2.98. The zero-order chi connectivity index (χ0) is 34.5. The Morgan fingerprint density at radius 2 is 1.85 bits per heavy atom. The van der Waals surface area contributed by atoms with E-state index in [0.717, 1.165) is 47.5 Å². The largest absolute Gasteiger partial charge is 0.487 e. The molecule has 1 fully saturated rings. The fraction of sp³-hybridized carbons (Fsp3) is 0.559. The number of aliphatic hydroxyl groups is 1. The van der Waals surface area contributed by atoms with E-state index in [0.29, 0.717) is 36.2 Å². The summed E-state index contributed by atoms with van der Waals surface area (Å²) >= 11 is 6.31. The summed E-state index contributed by atoms with van der Waals surface area (Å²) in [5, 5.41) is 11.8. The van der Waals surface area contributed by atoms with Crippen LogP contribution in [0.4, 0.5) is 5.69 Å². The monoisotopic (exact) mass is 722 g/mol. The topological polar surface area (TPSA) is 137 Å². The summed E-state index contributed by atoms with van der Waals surface area (Å²) in [7, 11) is -8.16. The second-order valence-corrected chi connectivity index (χ2v) is 16.9. The third kappa shape index (κ3) is 8.72. The lowest BCUT2D eigenvalue weighted by Crippen LogP contribution is -2.47. The molecule has 2 aromatic carbocycles. The van der Waals surface area contributed by atoms with Crippen molar-refractivity contribution in [3.05, 3.63) is 70.3 Å². The number of amides is 1. The van der Waals surface area contributed by atoms with Crippen LogP contribution in [0.15, 0.2) is 48.6 Å². The number of hydrogen-bond donors (Lipinski definition) is 2. The Morgan fingerprint density at radius 3 is 2.58 bits per heavy atom. The lowest BCUT2D eigenvalue weighted by atomic mass is 9.70. The van der Waals surface area contributed by atoms with Crippen molar-refractivity contribution in [3.8, 4) is 5.75 Å². The number of nitrogens with one attached hydrogen (secondary N) is 1. The van der Waals surface area contributed by atoms with Gasteiger partial charge in [0.2, 0.25) is 10.0 Å². The third-order valence-electron chi connectivity index (χ3n) is 9.74. The highest BCUT2D eigenvalue weighted by Crippen LogP contribution is 2.41. The minimum absolute atomic E-state index is 0.0358. The van der Waals surface area contributed by atoms with Crippen LogP contribution in [0.1, 0.15) is 67.4 Å². The second kappa shape index (κ2) is 15.9. The van der Waals surface area contributed by atoms with Gasteiger partial charge >= 0.3 is 10.2 Å². The SMILES string of the molecule is CCN(CC)S(=O)(=O)CCN1CC/C=C/C(O)[C@@H]2CC[C@H]2CN2CCCCc3cc(Cl)ccc3COc3ccc(cc32)C(=O)NS1(=O)=O. The fourth-order valence-corrected chi connectivity index (χ4v) is 9.75. The highest BCUT2D eigenvalue weighted by atomic mass is 35.5. The Hall–Kier alpha value is -2.68. The second-order valence-electron chi connectivity index (χ2n) is 12.7. The molecular weight excluding hydrogens is 676 g/mol. The van der Waals surface area contributed by atoms with Crippen LogP contribution >= 0.6 is 11.6 Å². The molecule has 2 bridgehead atoms. The number of fused-ring (bicyclic) bond motifs is 3. The van der Waals surface area contributed by atoms with Crippen molar-refractivity contribution < 1.29 is 31.5 Å². The predicted octanol–water partition coefficient (Wildman–Crippen LogP) is 4.36. The van der Waals surface area contributed by atoms with Gasteiger partial charge in [-0.2, -0.15) is 12.7 Å². The molecule has 0 aromatic heterocycles. The smallest absolute Gasteiger partial charge is 0.304 e. The van der Waals surface area contributed by atoms with Gasteiger partial charge in [0.15, 0.2) is 0 Å². The van der Waals surface area contributed by atoms with Crippen molar-refractivity contribution in [2.75, 3.05) is 49.9 Å². The van der Waals surface area contributed by atoms with Gasteiger partial charge in [0.05, 0.1) is 17.5 Å². The van der Waals surface area contributed by atoms with Gasteiger partial charge in [-0.05, 0) is 91.8 Å². The van der Waals surface area contributed by atoms with E-state index in [1.807, 2.05) is 18.2 Å². The van der Waals surface area contributed by atoms with Crippen LogP contribution in [-0.2, 0) is 33.3 Å². The molecule has 1 unspecified atom stereocenters. The predicted molar refractivity (Wildman–Crippen MR) is 188 cm³/mol. The standard InChI is InChI=1S/C34H47ClN4O7S2/c1-3-38(4-2)47(42,43)20-19-39-18-8-6-10-32(40)30-15-12-27(30)23-37-17-7-5-9-25-21-29(35)14-11-28(25)24-46-33-16-13-26(22-31(33)37)34(41)36-48(39,44)45/h6,10-11,13-14,16,21-22,27,30,32,40H,3-5,7-9,12,15,17-20,23-24H2,1-2H3,(H,36,41)/b10-6+/t27-,30+,32?/m0/s1. The first kappa shape index (κ1) is 36.6. The summed E-state index contributed by atoms with van der Waals surface area (Å²) < 4.78 is 63.9. The Morgan fingerprint density at radius 1 is 1.06 bits per heavy atom. The molecule has 1 aliphatic carbocycles. The average Bonchev–Trinajstić information content (AvgIpc) is 3.05. The van der Waals surface area contributed by atoms with Crippen molar-refractivity contribution in [2.24, 2.45) is 11.8 Å². The Labute approximate surface area is 290 Å². The summed E-state index contributed by atoms with van der Waals surface area (Å²) in [6.07, 6.45) is 7.44. The molecule has 0 spiro atoms. The molecule has 2 aliphatic heterocycles. The van der Waals surface area contributed by atoms with Crippen LogP contribution < -0.4 is 14.4 Å². The number of benzene rings is 2. The van der Waals surface area contributed by atoms with E-state index in [1.165, 1.54) is 4.31 Å². The third-order valence-corrected chi connectivity index (χ3v) is 13.5. The summed E-state index contributed by atoms with van der Waals surface area (Å²) in [5.74, 6) is -0.429. The van der Waals surface area contributed by atoms with E-state index in [9.17, 15) is 26.7 Å². The first-order valence-electron chi connectivity index (χ1n) is 16.9. The van der Waals surface area contributed by atoms with Gasteiger partial charge in [-0.3, -0.25) is 4.79 Å². The molecule has 3 atom stereocenters. The number of aliphatic hydroxyl groups excluding tert-OH is 1. The Bertz CT molecular complexity index is 1700. The zero-order valence-electron chi connectivity index (χ0n) is 27.7. The van der Waals surface area contributed by atoms with Crippen molar-refractivity contribution in [1.82, 2.24) is 13.3 Å². The molecule has 11 nitrogen and oxygen atoms in total. The van der Waals surface area contributed by atoms with E-state index in [2.05, 4.69) is 9.62 Å². The van der Waals surface area contributed by atoms with Gasteiger partial charge in [-0.25, -0.2) is 17.4 Å². The van der Waals surface area contributed by atoms with E-state index < -0.39 is 38.0 Å². The lowest BCUT2D eigenvalue weighted by Gasteiger charge is -2.42. The van der Waals surface area contributed by atoms with Crippen LogP contribution in [0.2, 0.25) is 5.02 Å². The Kier molecular flexibility index (Phi) is 12.1. The zero-order valence-corrected chi connectivity index (χ0v) is 30.1. The molecule has 5 rings (SSSR count). The molecule has 14 heteroatoms. The molecule has 1 saturated carbocycles. The van der Waals surface area contributed by atoms with Crippen LogP contribution in [0.5, 0.6) is 5.75 Å². The summed E-state index contributed by atoms with van der Waals surface area (Å²) in [6.45, 7) is 5.23. The van der Waals surface area contributed by atoms with Crippen LogP contribution in [0.25, 0.3) is 0 Å². The first-order chi connectivity index (χ1) is 22.9. The molecule has 2 aromatic rings. The minimum Gasteiger partial charge on any atom is -0.487 e. The van der Waals surface area contributed by atoms with Crippen molar-refractivity contribution in [1.29, 1.82) is 0 Å². The van der Waals surface area contributed by atoms with Gasteiger partial charge in [-0.15, -0.1) is 0 Å². The number of carbonyl (C=O) groups is 1. The number of anilines is 1. The molecule has 1 amide bonds. The Balaban J connectivity index is 1.49. The first-order valence-corrected chi connectivity index (χ1v) is 20.3. The van der Waals surface area contributed by atoms with E-state index in [1.54, 1.807) is 44.2 Å². The van der Waals surface area contributed by atoms with Crippen LogP contribution in [-0.4, -0.2) is 87.6 Å². The minimum atomic E-state index is -4.43. The normalized spacial score (nSPS) is 24.6. The van der Waals surface area contributed by atoms with E-state index in [-0.39, 0.29) is 50.0 Å². The number of ether oxygens (including phenoxy) is 1. The lowest BCUT2D eigenvalue weighted by molar-refractivity contribution is 0.0461. The maximum Gasteiger partial charge on any atom is 0.304 e. The average molecular weight is 723 g/mol. The number of rotatable bonds is 6. The number of halogens is 1. The van der Waals surface area contributed by atoms with Crippen molar-refractivity contribution in [2.45, 2.75) is 65.1 Å². The quantitative estimate of drug-likeness (QED) is 0.420. The number of nitrogens with zero attached hydrogens (tertiary/aromatic N) is 3. The highest BCUT2D eigenvalue weighted by Gasteiger charge is 2.37. The van der Waals surface area contributed by atoms with Gasteiger partial charge < -0.3 is 14.7 Å². The maximum atomic E-state index is 13.6. The van der Waals surface area contributed by atoms with Gasteiger partial charge in [0.25, 0.3) is 5.91 Å². The molecule has 3 aliphatic rings. The van der Waals surface area contributed by atoms with Gasteiger partial charge in [0, 0.05) is 49.9 Å². The highest BCUT2D eigenvalue weighted by molar-refractivity contribution is 7.89. The molecule has 2 heterocycles. The molecule has 2 N–H and O–H groups in total. The van der Waals surface area contributed by atoms with Gasteiger partial charge in [0.1, 0.15) is 12.4 Å². The van der Waals surface area contributed by atoms with Crippen LogP contribution in [0, 0.1) is 11.8 Å². The van der Waals surface area contributed by atoms with Crippen LogP contribution in [0.3, 0.4) is 0 Å². The molecule has 0 saturated heterocycles. The maximum absolute atomic E-state index is 13.6. The number of sulfonamides is 1. The molecule has 264 valence electrons. The van der Waals surface area contributed by atoms with Crippen molar-refractivity contribution >= 4 is 43.4 Å². The molecular formula is C34H47ClN4O7S2. The summed E-state index contributed by atoms with van der Waals surface area (Å²) in [6, 6.07) is 10.7. The van der Waals surface area contributed by atoms with Gasteiger partial charge in [-0.1, -0.05) is 43.7 Å². The number of carbonyl (C=O) groups excluding carboxylic acids is 1. The van der Waals surface area contributed by atoms with E-state index in [4.69, 9.17) is 16.3 Å². The fourth-order valence-electron chi connectivity index (χ4n) is 6.79. The van der Waals surface area contributed by atoms with E-state index >= 15 is 0 Å². The van der Waals surface area contributed by atoms with Crippen molar-refractivity contribution in [3.63, 3.8) is 0 Å². The molecule has 48 heavy (non-hydrogen) atoms. The summed E-state index contributed by atoms with van der Waals surface area (Å²) in [4.78, 5) is 15.8. The number of aryl methyl sites for hydroxylation is 1. The number of hydrogen-bond acceptors (Lipinski definition) is 8.